The fraction of sp³-hybridized carbons (Fsp3) is 0.150. The van der Waals surface area contributed by atoms with Crippen LogP contribution in [-0.4, -0.2) is 27.3 Å². The van der Waals surface area contributed by atoms with Crippen LogP contribution in [0.1, 0.15) is 21.6 Å². The van der Waals surface area contributed by atoms with Crippen molar-refractivity contribution in [1.82, 2.24) is 14.9 Å². The zero-order chi connectivity index (χ0) is 17.2. The van der Waals surface area contributed by atoms with E-state index in [2.05, 4.69) is 9.97 Å². The summed E-state index contributed by atoms with van der Waals surface area (Å²) < 4.78 is 13.3. The van der Waals surface area contributed by atoms with Crippen LogP contribution in [0.4, 0.5) is 4.39 Å². The highest BCUT2D eigenvalue weighted by molar-refractivity contribution is 5.94. The Balaban J connectivity index is 1.57. The van der Waals surface area contributed by atoms with Crippen LogP contribution in [0.2, 0.25) is 0 Å². The number of fused-ring (bicyclic) bond motifs is 1. The van der Waals surface area contributed by atoms with Gasteiger partial charge in [-0.25, -0.2) is 14.4 Å². The Labute approximate surface area is 145 Å². The summed E-state index contributed by atoms with van der Waals surface area (Å²) in [5.41, 5.74) is 3.25. The molecule has 2 aromatic carbocycles. The lowest BCUT2D eigenvalue weighted by Gasteiger charge is -2.28. The number of carbonyl (C=O) groups excluding carboxylic acids is 1. The van der Waals surface area contributed by atoms with Crippen molar-refractivity contribution in [3.63, 3.8) is 0 Å². The maximum absolute atomic E-state index is 13.3. The first-order chi connectivity index (χ1) is 12.2. The number of rotatable bonds is 2. The van der Waals surface area contributed by atoms with Crippen LogP contribution in [-0.2, 0) is 13.0 Å². The molecule has 0 N–H and O–H groups in total. The number of carbonyl (C=O) groups is 1. The number of hydrogen-bond donors (Lipinski definition) is 0. The van der Waals surface area contributed by atoms with E-state index in [1.165, 1.54) is 12.1 Å². The van der Waals surface area contributed by atoms with Crippen molar-refractivity contribution >= 4 is 5.91 Å². The normalized spacial score (nSPS) is 13.4. The van der Waals surface area contributed by atoms with E-state index in [4.69, 9.17) is 0 Å². The van der Waals surface area contributed by atoms with E-state index in [1.807, 2.05) is 30.3 Å². The van der Waals surface area contributed by atoms with Gasteiger partial charge in [-0.2, -0.15) is 0 Å². The molecule has 3 aromatic rings. The molecule has 1 aliphatic rings. The van der Waals surface area contributed by atoms with Gasteiger partial charge in [0.15, 0.2) is 5.82 Å². The molecule has 25 heavy (non-hydrogen) atoms. The minimum absolute atomic E-state index is 0.169. The predicted octanol–water partition coefficient (Wildman–Crippen LogP) is 3.48. The maximum Gasteiger partial charge on any atom is 0.254 e. The van der Waals surface area contributed by atoms with Crippen LogP contribution in [0.25, 0.3) is 11.4 Å². The summed E-state index contributed by atoms with van der Waals surface area (Å²) in [4.78, 5) is 23.4. The van der Waals surface area contributed by atoms with Crippen LogP contribution in [0.5, 0.6) is 0 Å². The lowest BCUT2D eigenvalue weighted by Crippen LogP contribution is -2.36. The molecule has 124 valence electrons. The van der Waals surface area contributed by atoms with Crippen molar-refractivity contribution in [2.75, 3.05) is 6.54 Å². The van der Waals surface area contributed by atoms with Crippen LogP contribution in [0.15, 0.2) is 60.8 Å². The fourth-order valence-electron chi connectivity index (χ4n) is 3.02. The minimum Gasteiger partial charge on any atom is -0.334 e. The summed E-state index contributed by atoms with van der Waals surface area (Å²) >= 11 is 0. The van der Waals surface area contributed by atoms with E-state index in [0.717, 1.165) is 16.8 Å². The second-order valence-electron chi connectivity index (χ2n) is 6.02. The zero-order valence-corrected chi connectivity index (χ0v) is 13.5. The second kappa shape index (κ2) is 6.43. The number of hydrogen-bond acceptors (Lipinski definition) is 3. The molecule has 0 aliphatic carbocycles. The highest BCUT2D eigenvalue weighted by Gasteiger charge is 2.23. The number of aromatic nitrogens is 2. The average Bonchev–Trinajstić information content (AvgIpc) is 2.67. The molecule has 1 aliphatic heterocycles. The molecule has 4 nitrogen and oxygen atoms in total. The van der Waals surface area contributed by atoms with Crippen molar-refractivity contribution in [2.24, 2.45) is 0 Å². The van der Waals surface area contributed by atoms with Crippen molar-refractivity contribution in [3.8, 4) is 11.4 Å². The van der Waals surface area contributed by atoms with E-state index >= 15 is 0 Å². The van der Waals surface area contributed by atoms with Crippen molar-refractivity contribution < 1.29 is 9.18 Å². The first-order valence-electron chi connectivity index (χ1n) is 8.16. The van der Waals surface area contributed by atoms with Crippen LogP contribution in [0, 0.1) is 5.82 Å². The third-order valence-corrected chi connectivity index (χ3v) is 4.32. The Morgan fingerprint density at radius 1 is 1.08 bits per heavy atom. The molecule has 2 heterocycles. The van der Waals surface area contributed by atoms with Gasteiger partial charge in [-0.3, -0.25) is 4.79 Å². The van der Waals surface area contributed by atoms with Gasteiger partial charge in [0.05, 0.1) is 5.69 Å². The molecule has 1 aromatic heterocycles. The molecule has 0 spiro atoms. The molecule has 1 amide bonds. The highest BCUT2D eigenvalue weighted by atomic mass is 19.1. The molecular formula is C20H16FN3O. The standard InChI is InChI=1S/C20H16FN3O/c21-17-8-4-7-15(11-17)20(25)24-10-9-18-16(13-24)12-22-19(23-18)14-5-2-1-3-6-14/h1-8,11-12H,9-10,13H2. The summed E-state index contributed by atoms with van der Waals surface area (Å²) in [6.45, 7) is 1.01. The smallest absolute Gasteiger partial charge is 0.254 e. The average molecular weight is 333 g/mol. The Kier molecular flexibility index (Phi) is 3.98. The summed E-state index contributed by atoms with van der Waals surface area (Å²) in [5, 5.41) is 0. The van der Waals surface area contributed by atoms with Gasteiger partial charge in [0.2, 0.25) is 0 Å². The quantitative estimate of drug-likeness (QED) is 0.721. The van der Waals surface area contributed by atoms with E-state index < -0.39 is 5.82 Å². The first-order valence-corrected chi connectivity index (χ1v) is 8.16. The van der Waals surface area contributed by atoms with Crippen LogP contribution in [0.3, 0.4) is 0 Å². The molecule has 0 fully saturated rings. The van der Waals surface area contributed by atoms with Gasteiger partial charge < -0.3 is 4.90 Å². The van der Waals surface area contributed by atoms with Gasteiger partial charge in [0, 0.05) is 42.4 Å². The Morgan fingerprint density at radius 3 is 2.72 bits per heavy atom. The molecule has 4 rings (SSSR count). The molecule has 0 atom stereocenters. The van der Waals surface area contributed by atoms with Gasteiger partial charge in [0.1, 0.15) is 5.82 Å². The molecule has 5 heteroatoms. The molecular weight excluding hydrogens is 317 g/mol. The van der Waals surface area contributed by atoms with Gasteiger partial charge in [-0.1, -0.05) is 36.4 Å². The molecule has 0 bridgehead atoms. The number of nitrogens with zero attached hydrogens (tertiary/aromatic N) is 3. The second-order valence-corrected chi connectivity index (χ2v) is 6.02. The number of amides is 1. The largest absolute Gasteiger partial charge is 0.334 e. The number of halogens is 1. The summed E-state index contributed by atoms with van der Waals surface area (Å²) in [6.07, 6.45) is 2.45. The molecule has 0 unspecified atom stereocenters. The van der Waals surface area contributed by atoms with Crippen molar-refractivity contribution in [1.29, 1.82) is 0 Å². The Bertz CT molecular complexity index is 927. The van der Waals surface area contributed by atoms with Gasteiger partial charge in [-0.15, -0.1) is 0 Å². The fourth-order valence-corrected chi connectivity index (χ4v) is 3.02. The number of benzene rings is 2. The zero-order valence-electron chi connectivity index (χ0n) is 13.5. The third-order valence-electron chi connectivity index (χ3n) is 4.32. The van der Waals surface area contributed by atoms with Gasteiger partial charge >= 0.3 is 0 Å². The summed E-state index contributed by atoms with van der Waals surface area (Å²) in [7, 11) is 0. The molecule has 0 radical (unpaired) electrons. The first kappa shape index (κ1) is 15.4. The highest BCUT2D eigenvalue weighted by Crippen LogP contribution is 2.22. The van der Waals surface area contributed by atoms with E-state index in [1.54, 1.807) is 23.2 Å². The van der Waals surface area contributed by atoms with Crippen molar-refractivity contribution in [3.05, 3.63) is 83.4 Å². The van der Waals surface area contributed by atoms with Crippen LogP contribution >= 0.6 is 0 Å². The SMILES string of the molecule is O=C(c1cccc(F)c1)N1CCc2nc(-c3ccccc3)ncc2C1. The van der Waals surface area contributed by atoms with Gasteiger partial charge in [0.25, 0.3) is 5.91 Å². The van der Waals surface area contributed by atoms with E-state index in [-0.39, 0.29) is 5.91 Å². The summed E-state index contributed by atoms with van der Waals surface area (Å²) in [6, 6.07) is 15.6. The Morgan fingerprint density at radius 2 is 1.92 bits per heavy atom. The monoisotopic (exact) mass is 333 g/mol. The maximum atomic E-state index is 13.3. The Hall–Kier alpha value is -3.08. The van der Waals surface area contributed by atoms with Crippen LogP contribution < -0.4 is 0 Å². The minimum atomic E-state index is -0.404. The predicted molar refractivity (Wildman–Crippen MR) is 92.3 cm³/mol. The lowest BCUT2D eigenvalue weighted by molar-refractivity contribution is 0.0733. The molecule has 0 saturated heterocycles. The molecule has 0 saturated carbocycles. The van der Waals surface area contributed by atoms with E-state index in [9.17, 15) is 9.18 Å². The lowest BCUT2D eigenvalue weighted by atomic mass is 10.1. The summed E-state index contributed by atoms with van der Waals surface area (Å²) in [5.74, 6) is 0.126. The van der Waals surface area contributed by atoms with E-state index in [0.29, 0.717) is 30.9 Å². The van der Waals surface area contributed by atoms with Gasteiger partial charge in [-0.05, 0) is 18.2 Å². The topological polar surface area (TPSA) is 46.1 Å². The third kappa shape index (κ3) is 3.13. The van der Waals surface area contributed by atoms with Crippen molar-refractivity contribution in [2.45, 2.75) is 13.0 Å².